The highest BCUT2D eigenvalue weighted by atomic mass is 35.5. The second-order valence-electron chi connectivity index (χ2n) is 4.69. The molecule has 1 aromatic carbocycles. The fourth-order valence-electron chi connectivity index (χ4n) is 1.88. The number of hydrogen-bond acceptors (Lipinski definition) is 6. The fraction of sp³-hybridized carbons (Fsp3) is 0.308. The van der Waals surface area contributed by atoms with Crippen LogP contribution in [0.15, 0.2) is 32.3 Å². The van der Waals surface area contributed by atoms with E-state index >= 15 is 0 Å². The molecule has 0 amide bonds. The topological polar surface area (TPSA) is 65.0 Å². The first-order valence-electron chi connectivity index (χ1n) is 6.29. The van der Waals surface area contributed by atoms with Crippen molar-refractivity contribution in [1.29, 1.82) is 0 Å². The molecular weight excluding hydrogens is 298 g/mol. The Balaban J connectivity index is 1.48. The molecule has 4 rings (SSSR count). The molecule has 7 heteroatoms. The summed E-state index contributed by atoms with van der Waals surface area (Å²) in [5.41, 5.74) is 1.48. The summed E-state index contributed by atoms with van der Waals surface area (Å²) in [5.74, 6) is 2.40. The Morgan fingerprint density at radius 3 is 3.00 bits per heavy atom. The van der Waals surface area contributed by atoms with Gasteiger partial charge in [-0.3, -0.25) is 0 Å². The van der Waals surface area contributed by atoms with E-state index in [-0.39, 0.29) is 0 Å². The molecule has 0 bridgehead atoms. The molecule has 1 aliphatic rings. The fourth-order valence-corrected chi connectivity index (χ4v) is 2.72. The molecular formula is C13H10ClN3O2S. The molecule has 0 saturated heterocycles. The zero-order valence-electron chi connectivity index (χ0n) is 10.4. The van der Waals surface area contributed by atoms with Gasteiger partial charge in [-0.25, -0.2) is 4.98 Å². The number of halogens is 1. The maximum Gasteiger partial charge on any atom is 0.257 e. The van der Waals surface area contributed by atoms with Gasteiger partial charge in [0.15, 0.2) is 5.58 Å². The van der Waals surface area contributed by atoms with Crippen LogP contribution in [0, 0.1) is 0 Å². The maximum atomic E-state index is 5.91. The Labute approximate surface area is 123 Å². The zero-order valence-corrected chi connectivity index (χ0v) is 11.9. The van der Waals surface area contributed by atoms with Crippen molar-refractivity contribution in [3.8, 4) is 0 Å². The first-order valence-corrected chi connectivity index (χ1v) is 7.65. The summed E-state index contributed by atoms with van der Waals surface area (Å²) < 4.78 is 11.2. The average molecular weight is 308 g/mol. The van der Waals surface area contributed by atoms with E-state index < -0.39 is 0 Å². The molecule has 0 unspecified atom stereocenters. The van der Waals surface area contributed by atoms with Gasteiger partial charge in [0.1, 0.15) is 5.52 Å². The van der Waals surface area contributed by atoms with Crippen molar-refractivity contribution in [3.05, 3.63) is 35.0 Å². The van der Waals surface area contributed by atoms with E-state index in [9.17, 15) is 0 Å². The van der Waals surface area contributed by atoms with Crippen LogP contribution in [0.3, 0.4) is 0 Å². The van der Waals surface area contributed by atoms with Gasteiger partial charge in [0, 0.05) is 17.0 Å². The van der Waals surface area contributed by atoms with E-state index in [1.807, 2.05) is 6.07 Å². The maximum absolute atomic E-state index is 5.91. The first-order chi connectivity index (χ1) is 9.78. The van der Waals surface area contributed by atoms with Crippen LogP contribution >= 0.6 is 23.4 Å². The van der Waals surface area contributed by atoms with Gasteiger partial charge in [0.05, 0.1) is 5.75 Å². The lowest BCUT2D eigenvalue weighted by Crippen LogP contribution is -1.80. The van der Waals surface area contributed by atoms with Crippen molar-refractivity contribution >= 4 is 34.5 Å². The van der Waals surface area contributed by atoms with Crippen LogP contribution in [-0.2, 0) is 5.75 Å². The van der Waals surface area contributed by atoms with Gasteiger partial charge in [-0.05, 0) is 25.0 Å². The minimum atomic E-state index is 0.479. The van der Waals surface area contributed by atoms with Gasteiger partial charge >= 0.3 is 0 Å². The number of hydrogen-bond donors (Lipinski definition) is 0. The van der Waals surface area contributed by atoms with E-state index in [4.69, 9.17) is 20.4 Å². The van der Waals surface area contributed by atoms with Gasteiger partial charge in [-0.2, -0.15) is 0 Å². The van der Waals surface area contributed by atoms with Crippen LogP contribution in [0.1, 0.15) is 30.5 Å². The van der Waals surface area contributed by atoms with Crippen LogP contribution in [0.4, 0.5) is 0 Å². The monoisotopic (exact) mass is 307 g/mol. The van der Waals surface area contributed by atoms with Crippen LogP contribution in [0.25, 0.3) is 11.1 Å². The molecule has 0 radical (unpaired) electrons. The van der Waals surface area contributed by atoms with Crippen molar-refractivity contribution < 1.29 is 8.83 Å². The summed E-state index contributed by atoms with van der Waals surface area (Å²) in [6.45, 7) is 0. The summed E-state index contributed by atoms with van der Waals surface area (Å²) in [6.07, 6.45) is 2.31. The average Bonchev–Trinajstić information content (AvgIpc) is 3.04. The Bertz CT molecular complexity index is 766. The number of aromatic nitrogens is 3. The van der Waals surface area contributed by atoms with Crippen molar-refractivity contribution in [2.75, 3.05) is 0 Å². The molecule has 1 fully saturated rings. The summed E-state index contributed by atoms with van der Waals surface area (Å²) in [7, 11) is 0. The Morgan fingerprint density at radius 1 is 1.25 bits per heavy atom. The van der Waals surface area contributed by atoms with Crippen LogP contribution < -0.4 is 0 Å². The lowest BCUT2D eigenvalue weighted by atomic mass is 10.3. The van der Waals surface area contributed by atoms with Gasteiger partial charge in [0.2, 0.25) is 11.8 Å². The normalized spacial score (nSPS) is 15.1. The lowest BCUT2D eigenvalue weighted by molar-refractivity contribution is 0.463. The zero-order chi connectivity index (χ0) is 13.5. The highest BCUT2D eigenvalue weighted by molar-refractivity contribution is 7.98. The number of fused-ring (bicyclic) bond motifs is 1. The molecule has 102 valence electrons. The number of thioether (sulfide) groups is 1. The van der Waals surface area contributed by atoms with Crippen molar-refractivity contribution in [1.82, 2.24) is 15.2 Å². The minimum absolute atomic E-state index is 0.479. The Kier molecular flexibility index (Phi) is 2.93. The smallest absolute Gasteiger partial charge is 0.257 e. The van der Waals surface area contributed by atoms with E-state index in [2.05, 4.69) is 15.2 Å². The number of oxazole rings is 1. The number of nitrogens with zero attached hydrogens (tertiary/aromatic N) is 3. The highest BCUT2D eigenvalue weighted by Crippen LogP contribution is 2.39. The van der Waals surface area contributed by atoms with E-state index in [1.54, 1.807) is 12.1 Å². The quantitative estimate of drug-likeness (QED) is 0.678. The SMILES string of the molecule is Clc1ccc2nc(SCc3nnc(C4CC4)o3)oc2c1. The van der Waals surface area contributed by atoms with E-state index in [1.165, 1.54) is 11.8 Å². The van der Waals surface area contributed by atoms with E-state index in [0.717, 1.165) is 24.2 Å². The van der Waals surface area contributed by atoms with Crippen molar-refractivity contribution in [3.63, 3.8) is 0 Å². The summed E-state index contributed by atoms with van der Waals surface area (Å²) >= 11 is 7.34. The van der Waals surface area contributed by atoms with Gasteiger partial charge in [-0.15, -0.1) is 10.2 Å². The Hall–Kier alpha value is -1.53. The van der Waals surface area contributed by atoms with Crippen LogP contribution in [0.2, 0.25) is 5.02 Å². The number of benzene rings is 1. The minimum Gasteiger partial charge on any atom is -0.431 e. The highest BCUT2D eigenvalue weighted by Gasteiger charge is 2.29. The second-order valence-corrected chi connectivity index (χ2v) is 6.05. The van der Waals surface area contributed by atoms with Crippen LogP contribution in [0.5, 0.6) is 0 Å². The third-order valence-corrected chi connectivity index (χ3v) is 4.11. The predicted octanol–water partition coefficient (Wildman–Crippen LogP) is 4.03. The molecule has 5 nitrogen and oxygen atoms in total. The third kappa shape index (κ3) is 2.41. The number of rotatable bonds is 4. The second kappa shape index (κ2) is 4.79. The summed E-state index contributed by atoms with van der Waals surface area (Å²) in [4.78, 5) is 4.37. The molecule has 2 aromatic heterocycles. The molecule has 2 heterocycles. The largest absolute Gasteiger partial charge is 0.431 e. The van der Waals surface area contributed by atoms with Gasteiger partial charge < -0.3 is 8.83 Å². The molecule has 1 aliphatic carbocycles. The molecule has 20 heavy (non-hydrogen) atoms. The standard InChI is InChI=1S/C13H10ClN3O2S/c14-8-3-4-9-10(5-8)18-13(15-9)20-6-11-16-17-12(19-11)7-1-2-7/h3-5,7H,1-2,6H2. The molecule has 0 spiro atoms. The third-order valence-electron chi connectivity index (χ3n) is 3.06. The van der Waals surface area contributed by atoms with Crippen LogP contribution in [-0.4, -0.2) is 15.2 Å². The molecule has 3 aromatic rings. The first kappa shape index (κ1) is 12.2. The Morgan fingerprint density at radius 2 is 2.15 bits per heavy atom. The molecule has 1 saturated carbocycles. The van der Waals surface area contributed by atoms with Gasteiger partial charge in [-0.1, -0.05) is 23.4 Å². The van der Waals surface area contributed by atoms with Crippen molar-refractivity contribution in [2.45, 2.75) is 29.7 Å². The van der Waals surface area contributed by atoms with Crippen molar-refractivity contribution in [2.24, 2.45) is 0 Å². The van der Waals surface area contributed by atoms with E-state index in [0.29, 0.717) is 33.4 Å². The predicted molar refractivity (Wildman–Crippen MR) is 74.9 cm³/mol. The molecule has 0 aliphatic heterocycles. The molecule has 0 atom stereocenters. The lowest BCUT2D eigenvalue weighted by Gasteiger charge is -1.90. The summed E-state index contributed by atoms with van der Waals surface area (Å²) in [6, 6.07) is 5.38. The molecule has 0 N–H and O–H groups in total. The van der Waals surface area contributed by atoms with Gasteiger partial charge in [0.25, 0.3) is 5.22 Å². The summed E-state index contributed by atoms with van der Waals surface area (Å²) in [5, 5.41) is 9.29.